The molecule has 58 valence electrons. The Morgan fingerprint density at radius 2 is 2.30 bits per heavy atom. The lowest BCUT2D eigenvalue weighted by Gasteiger charge is -2.39. The lowest BCUT2D eigenvalue weighted by Crippen LogP contribution is -2.60. The van der Waals surface area contributed by atoms with Crippen LogP contribution in [0, 0.1) is 0 Å². The van der Waals surface area contributed by atoms with Crippen LogP contribution in [0.25, 0.3) is 0 Å². The van der Waals surface area contributed by atoms with E-state index >= 15 is 0 Å². The predicted molar refractivity (Wildman–Crippen MR) is 33.6 cm³/mol. The van der Waals surface area contributed by atoms with Gasteiger partial charge in [0.2, 0.25) is 0 Å². The molecule has 0 spiro atoms. The molecule has 0 atom stereocenters. The molecule has 0 saturated heterocycles. The summed E-state index contributed by atoms with van der Waals surface area (Å²) in [4.78, 5) is 10.5. The standard InChI is InChI=1S/C6H10FNO2/c1-8-6(5(9)10)2-4(7)3-6/h4,8H,2-3H2,1H3,(H,9,10)/t4-,6-/i7-1. The summed E-state index contributed by atoms with van der Waals surface area (Å²) in [5, 5.41) is 11.2. The van der Waals surface area contributed by atoms with Gasteiger partial charge in [-0.15, -0.1) is 0 Å². The van der Waals surface area contributed by atoms with Gasteiger partial charge in [-0.1, -0.05) is 0 Å². The molecule has 0 radical (unpaired) electrons. The fraction of sp³-hybridized carbons (Fsp3) is 0.833. The van der Waals surface area contributed by atoms with E-state index in [2.05, 4.69) is 5.32 Å². The van der Waals surface area contributed by atoms with Crippen molar-refractivity contribution in [3.63, 3.8) is 0 Å². The van der Waals surface area contributed by atoms with E-state index in [0.717, 1.165) is 0 Å². The number of alkyl halides is 1. The number of likely N-dealkylation sites (N-methyl/N-ethyl adjacent to an activating group) is 1. The normalized spacial score (nSPS) is 38.8. The molecule has 1 fully saturated rings. The zero-order valence-corrected chi connectivity index (χ0v) is 5.72. The van der Waals surface area contributed by atoms with Crippen molar-refractivity contribution in [2.75, 3.05) is 7.05 Å². The summed E-state index contributed by atoms with van der Waals surface area (Å²) in [5.74, 6) is -0.955. The lowest BCUT2D eigenvalue weighted by atomic mass is 9.75. The number of aliphatic carboxylic acids is 1. The van der Waals surface area contributed by atoms with Crippen LogP contribution in [-0.2, 0) is 4.79 Å². The average molecular weight is 146 g/mol. The van der Waals surface area contributed by atoms with Crippen molar-refractivity contribution < 1.29 is 14.3 Å². The molecule has 0 unspecified atom stereocenters. The van der Waals surface area contributed by atoms with Crippen LogP contribution in [0.1, 0.15) is 12.8 Å². The molecule has 10 heavy (non-hydrogen) atoms. The fourth-order valence-electron chi connectivity index (χ4n) is 1.18. The minimum atomic E-state index is -0.973. The third-order valence-corrected chi connectivity index (χ3v) is 2.03. The van der Waals surface area contributed by atoms with Gasteiger partial charge in [-0.25, -0.2) is 4.39 Å². The molecule has 0 heterocycles. The largest absolute Gasteiger partial charge is 0.480 e. The molecule has 2 N–H and O–H groups in total. The molecule has 1 aliphatic carbocycles. The summed E-state index contributed by atoms with van der Waals surface area (Å²) in [6, 6.07) is 0. The number of halogens is 1. The van der Waals surface area contributed by atoms with E-state index in [1.165, 1.54) is 0 Å². The molecule has 0 aromatic rings. The van der Waals surface area contributed by atoms with Crippen LogP contribution in [-0.4, -0.2) is 29.8 Å². The third kappa shape index (κ3) is 0.883. The first-order chi connectivity index (χ1) is 4.60. The quantitative estimate of drug-likeness (QED) is 0.583. The number of hydrogen-bond donors (Lipinski definition) is 2. The van der Waals surface area contributed by atoms with Crippen LogP contribution in [0.3, 0.4) is 0 Å². The first-order valence-electron chi connectivity index (χ1n) is 3.17. The molecular weight excluding hydrogens is 136 g/mol. The maximum Gasteiger partial charge on any atom is 0.324 e. The Morgan fingerprint density at radius 3 is 2.40 bits per heavy atom. The number of rotatable bonds is 2. The van der Waals surface area contributed by atoms with Gasteiger partial charge >= 0.3 is 5.97 Å². The SMILES string of the molecule is CN[C@]1(C(=O)O)C[C@@H]([18F])C1. The first-order valence-corrected chi connectivity index (χ1v) is 3.17. The Morgan fingerprint density at radius 1 is 1.80 bits per heavy atom. The monoisotopic (exact) mass is 146 g/mol. The smallest absolute Gasteiger partial charge is 0.324 e. The Balaban J connectivity index is 2.56. The van der Waals surface area contributed by atoms with Gasteiger partial charge in [0.05, 0.1) is 0 Å². The summed E-state index contributed by atoms with van der Waals surface area (Å²) in [6.45, 7) is 0. The number of nitrogens with one attached hydrogen (secondary N) is 1. The van der Waals surface area contributed by atoms with E-state index in [-0.39, 0.29) is 12.8 Å². The summed E-state index contributed by atoms with van der Waals surface area (Å²) in [5.41, 5.74) is -0.973. The van der Waals surface area contributed by atoms with Crippen LogP contribution in [0.4, 0.5) is 4.39 Å². The molecule has 1 aliphatic rings. The zero-order chi connectivity index (χ0) is 7.78. The molecule has 1 rings (SSSR count). The van der Waals surface area contributed by atoms with E-state index in [4.69, 9.17) is 5.11 Å². The Labute approximate surface area is 58.2 Å². The average Bonchev–Trinajstić information content (AvgIpc) is 1.79. The topological polar surface area (TPSA) is 49.3 Å². The first kappa shape index (κ1) is 7.47. The van der Waals surface area contributed by atoms with Crippen molar-refractivity contribution in [1.29, 1.82) is 0 Å². The number of carboxylic acids is 1. The highest BCUT2D eigenvalue weighted by molar-refractivity contribution is 5.80. The second-order valence-corrected chi connectivity index (χ2v) is 2.64. The van der Waals surface area contributed by atoms with Gasteiger partial charge in [0.1, 0.15) is 11.7 Å². The van der Waals surface area contributed by atoms with E-state index in [0.29, 0.717) is 0 Å². The second kappa shape index (κ2) is 2.20. The highest BCUT2D eigenvalue weighted by Crippen LogP contribution is 2.34. The fourth-order valence-corrected chi connectivity index (χ4v) is 1.18. The summed E-state index contributed by atoms with van der Waals surface area (Å²) < 4.78 is 12.3. The van der Waals surface area contributed by atoms with Crippen molar-refractivity contribution in [2.24, 2.45) is 0 Å². The van der Waals surface area contributed by atoms with Crippen LogP contribution in [0.15, 0.2) is 0 Å². The highest BCUT2D eigenvalue weighted by Gasteiger charge is 2.49. The minimum absolute atomic E-state index is 0.0961. The van der Waals surface area contributed by atoms with Crippen LogP contribution >= 0.6 is 0 Å². The number of carboxylic acid groups (broad SMARTS) is 1. The van der Waals surface area contributed by atoms with Crippen LogP contribution in [0.2, 0.25) is 0 Å². The molecule has 0 aromatic heterocycles. The molecule has 4 heteroatoms. The number of carbonyl (C=O) groups is 1. The summed E-state index contributed by atoms with van der Waals surface area (Å²) >= 11 is 0. The van der Waals surface area contributed by atoms with Gasteiger partial charge in [-0.2, -0.15) is 0 Å². The third-order valence-electron chi connectivity index (χ3n) is 2.03. The van der Waals surface area contributed by atoms with Gasteiger partial charge in [0, 0.05) is 12.8 Å². The van der Waals surface area contributed by atoms with Crippen LogP contribution < -0.4 is 5.32 Å². The van der Waals surface area contributed by atoms with E-state index in [9.17, 15) is 9.18 Å². The molecule has 1 saturated carbocycles. The van der Waals surface area contributed by atoms with Crippen molar-refractivity contribution in [3.05, 3.63) is 0 Å². The predicted octanol–water partition coefficient (Wildman–Crippen LogP) is 0.161. The van der Waals surface area contributed by atoms with Crippen molar-refractivity contribution in [1.82, 2.24) is 5.32 Å². The van der Waals surface area contributed by atoms with Crippen molar-refractivity contribution >= 4 is 5.97 Å². The zero-order valence-electron chi connectivity index (χ0n) is 5.72. The van der Waals surface area contributed by atoms with Crippen LogP contribution in [0.5, 0.6) is 0 Å². The van der Waals surface area contributed by atoms with E-state index < -0.39 is 17.7 Å². The highest BCUT2D eigenvalue weighted by atomic mass is 18.2. The lowest BCUT2D eigenvalue weighted by molar-refractivity contribution is -0.151. The van der Waals surface area contributed by atoms with Gasteiger partial charge in [0.15, 0.2) is 0 Å². The van der Waals surface area contributed by atoms with Gasteiger partial charge in [-0.05, 0) is 7.05 Å². The van der Waals surface area contributed by atoms with Crippen molar-refractivity contribution in [2.45, 2.75) is 24.6 Å². The minimum Gasteiger partial charge on any atom is -0.480 e. The van der Waals surface area contributed by atoms with Gasteiger partial charge in [0.25, 0.3) is 0 Å². The molecule has 0 aromatic carbocycles. The molecule has 0 aliphatic heterocycles. The molecular formula is C6H10FNO2. The summed E-state index contributed by atoms with van der Waals surface area (Å²) in [7, 11) is 1.54. The maximum atomic E-state index is 12.3. The van der Waals surface area contributed by atoms with Gasteiger partial charge in [-0.3, -0.25) is 4.79 Å². The maximum absolute atomic E-state index is 12.3. The molecule has 3 nitrogen and oxygen atoms in total. The Bertz CT molecular complexity index is 154. The molecule has 0 amide bonds. The van der Waals surface area contributed by atoms with Gasteiger partial charge < -0.3 is 10.4 Å². The Hall–Kier alpha value is -0.640. The summed E-state index contributed by atoms with van der Waals surface area (Å²) in [6.07, 6.45) is -0.749. The van der Waals surface area contributed by atoms with E-state index in [1.807, 2.05) is 0 Å². The van der Waals surface area contributed by atoms with Crippen molar-refractivity contribution in [3.8, 4) is 0 Å². The van der Waals surface area contributed by atoms with E-state index in [1.54, 1.807) is 7.05 Å². The molecule has 0 bridgehead atoms. The Kier molecular flexibility index (Phi) is 1.64. The number of hydrogen-bond acceptors (Lipinski definition) is 2. The second-order valence-electron chi connectivity index (χ2n) is 2.64.